The molecule has 3 fully saturated rings. The van der Waals surface area contributed by atoms with Crippen LogP contribution in [0.5, 0.6) is 0 Å². The Labute approximate surface area is 135 Å². The number of hydrogen-bond acceptors (Lipinski definition) is 4. The number of likely N-dealkylation sites (tertiary alicyclic amines) is 2. The van der Waals surface area contributed by atoms with E-state index in [1.807, 2.05) is 4.90 Å². The molecule has 6 nitrogen and oxygen atoms in total. The van der Waals surface area contributed by atoms with Crippen molar-refractivity contribution in [2.75, 3.05) is 26.2 Å². The highest BCUT2D eigenvalue weighted by atomic mass is 16.2. The predicted octanol–water partition coefficient (Wildman–Crippen LogP) is 1.34. The van der Waals surface area contributed by atoms with Crippen LogP contribution in [-0.4, -0.2) is 58.0 Å². The van der Waals surface area contributed by atoms with Gasteiger partial charge in [-0.2, -0.15) is 10.2 Å². The Kier molecular flexibility index (Phi) is 3.54. The van der Waals surface area contributed by atoms with E-state index in [9.17, 15) is 9.59 Å². The van der Waals surface area contributed by atoms with Crippen molar-refractivity contribution in [3.05, 3.63) is 24.0 Å². The maximum absolute atomic E-state index is 12.8. The van der Waals surface area contributed by atoms with Gasteiger partial charge < -0.3 is 9.80 Å². The predicted molar refractivity (Wildman–Crippen MR) is 83.5 cm³/mol. The van der Waals surface area contributed by atoms with Crippen LogP contribution in [0.1, 0.15) is 42.5 Å². The first kappa shape index (κ1) is 14.6. The van der Waals surface area contributed by atoms with Crippen LogP contribution in [0.2, 0.25) is 0 Å². The number of carbonyl (C=O) groups is 2. The topological polar surface area (TPSA) is 66.4 Å². The van der Waals surface area contributed by atoms with E-state index in [2.05, 4.69) is 15.1 Å². The van der Waals surface area contributed by atoms with Gasteiger partial charge >= 0.3 is 0 Å². The molecule has 2 aliphatic heterocycles. The average Bonchev–Trinajstić information content (AvgIpc) is 3.38. The maximum Gasteiger partial charge on any atom is 0.255 e. The molecule has 122 valence electrons. The van der Waals surface area contributed by atoms with Crippen LogP contribution in [0.25, 0.3) is 0 Å². The first-order chi connectivity index (χ1) is 11.2. The molecule has 3 aliphatic rings. The molecule has 2 amide bonds. The zero-order valence-electron chi connectivity index (χ0n) is 13.3. The molecule has 1 saturated carbocycles. The SMILES string of the molecule is O=C(c1ccnnc1)N1CCC2(CC1)CCN(CC1CC1)C2=O. The van der Waals surface area contributed by atoms with Gasteiger partial charge in [0.2, 0.25) is 5.91 Å². The van der Waals surface area contributed by atoms with E-state index < -0.39 is 0 Å². The van der Waals surface area contributed by atoms with Gasteiger partial charge in [-0.15, -0.1) is 0 Å². The number of hydrogen-bond donors (Lipinski definition) is 0. The van der Waals surface area contributed by atoms with Gasteiger partial charge in [-0.25, -0.2) is 0 Å². The van der Waals surface area contributed by atoms with E-state index in [1.165, 1.54) is 25.2 Å². The van der Waals surface area contributed by atoms with Gasteiger partial charge in [0.15, 0.2) is 0 Å². The molecule has 0 bridgehead atoms. The summed E-state index contributed by atoms with van der Waals surface area (Å²) in [6.07, 6.45) is 8.13. The normalized spacial score (nSPS) is 23.6. The first-order valence-electron chi connectivity index (χ1n) is 8.53. The summed E-state index contributed by atoms with van der Waals surface area (Å²) >= 11 is 0. The largest absolute Gasteiger partial charge is 0.342 e. The van der Waals surface area contributed by atoms with Gasteiger partial charge in [0.05, 0.1) is 23.4 Å². The summed E-state index contributed by atoms with van der Waals surface area (Å²) in [5.41, 5.74) is 0.367. The minimum atomic E-state index is -0.206. The van der Waals surface area contributed by atoms with Crippen LogP contribution in [-0.2, 0) is 4.79 Å². The second-order valence-corrected chi connectivity index (χ2v) is 7.15. The molecule has 3 heterocycles. The van der Waals surface area contributed by atoms with Gasteiger partial charge in [-0.1, -0.05) is 0 Å². The number of carbonyl (C=O) groups excluding carboxylic acids is 2. The molecule has 1 aliphatic carbocycles. The zero-order chi connectivity index (χ0) is 15.9. The zero-order valence-corrected chi connectivity index (χ0v) is 13.3. The molecule has 0 aromatic carbocycles. The van der Waals surface area contributed by atoms with Crippen molar-refractivity contribution in [3.8, 4) is 0 Å². The molecule has 4 rings (SSSR count). The highest BCUT2D eigenvalue weighted by molar-refractivity contribution is 5.94. The summed E-state index contributed by atoms with van der Waals surface area (Å²) in [6.45, 7) is 3.16. The Morgan fingerprint density at radius 1 is 1.17 bits per heavy atom. The van der Waals surface area contributed by atoms with E-state index in [4.69, 9.17) is 0 Å². The van der Waals surface area contributed by atoms with Crippen LogP contribution in [0.3, 0.4) is 0 Å². The lowest BCUT2D eigenvalue weighted by Gasteiger charge is -2.38. The van der Waals surface area contributed by atoms with Crippen LogP contribution in [0.15, 0.2) is 18.5 Å². The lowest BCUT2D eigenvalue weighted by molar-refractivity contribution is -0.138. The standard InChI is InChI=1S/C17H22N4O2/c22-15(14-3-7-18-19-11-14)20-8-4-17(5-9-20)6-10-21(16(17)23)12-13-1-2-13/h3,7,11,13H,1-2,4-6,8-10,12H2. The number of nitrogens with zero attached hydrogens (tertiary/aromatic N) is 4. The van der Waals surface area contributed by atoms with Crippen molar-refractivity contribution in [2.24, 2.45) is 11.3 Å². The molecule has 1 spiro atoms. The molecule has 1 aromatic rings. The van der Waals surface area contributed by atoms with E-state index in [0.717, 1.165) is 38.3 Å². The van der Waals surface area contributed by atoms with Crippen LogP contribution < -0.4 is 0 Å². The summed E-state index contributed by atoms with van der Waals surface area (Å²) in [5.74, 6) is 1.08. The third-order valence-electron chi connectivity index (χ3n) is 5.62. The summed E-state index contributed by atoms with van der Waals surface area (Å²) in [6, 6.07) is 1.69. The van der Waals surface area contributed by atoms with Gasteiger partial charge in [0, 0.05) is 26.2 Å². The van der Waals surface area contributed by atoms with E-state index in [1.54, 1.807) is 6.07 Å². The van der Waals surface area contributed by atoms with Crippen molar-refractivity contribution < 1.29 is 9.59 Å². The van der Waals surface area contributed by atoms with Crippen molar-refractivity contribution in [1.29, 1.82) is 0 Å². The van der Waals surface area contributed by atoms with E-state index in [0.29, 0.717) is 24.6 Å². The van der Waals surface area contributed by atoms with Gasteiger partial charge in [-0.05, 0) is 44.1 Å². The Balaban J connectivity index is 1.39. The lowest BCUT2D eigenvalue weighted by atomic mass is 9.77. The Hall–Kier alpha value is -1.98. The number of piperidine rings is 1. The van der Waals surface area contributed by atoms with E-state index in [-0.39, 0.29) is 11.3 Å². The Morgan fingerprint density at radius 3 is 2.57 bits per heavy atom. The second kappa shape index (κ2) is 5.58. The minimum absolute atomic E-state index is 0.00460. The quantitative estimate of drug-likeness (QED) is 0.844. The molecule has 1 aromatic heterocycles. The van der Waals surface area contributed by atoms with Crippen molar-refractivity contribution in [3.63, 3.8) is 0 Å². The molecule has 6 heteroatoms. The molecule has 0 unspecified atom stereocenters. The Bertz CT molecular complexity index is 606. The fraction of sp³-hybridized carbons (Fsp3) is 0.647. The molecule has 0 atom stereocenters. The van der Waals surface area contributed by atoms with Crippen LogP contribution >= 0.6 is 0 Å². The molecule has 0 radical (unpaired) electrons. The molecule has 2 saturated heterocycles. The van der Waals surface area contributed by atoms with Gasteiger partial charge in [0.25, 0.3) is 5.91 Å². The highest BCUT2D eigenvalue weighted by Gasteiger charge is 2.49. The maximum atomic E-state index is 12.8. The van der Waals surface area contributed by atoms with Crippen molar-refractivity contribution in [2.45, 2.75) is 32.1 Å². The molecule has 0 N–H and O–H groups in total. The smallest absolute Gasteiger partial charge is 0.255 e. The number of amides is 2. The van der Waals surface area contributed by atoms with Crippen molar-refractivity contribution >= 4 is 11.8 Å². The highest BCUT2D eigenvalue weighted by Crippen LogP contribution is 2.43. The van der Waals surface area contributed by atoms with Crippen LogP contribution in [0.4, 0.5) is 0 Å². The molecular formula is C17H22N4O2. The fourth-order valence-electron chi connectivity index (χ4n) is 3.88. The lowest BCUT2D eigenvalue weighted by Crippen LogP contribution is -2.46. The molecular weight excluding hydrogens is 292 g/mol. The van der Waals surface area contributed by atoms with Gasteiger partial charge in [0.1, 0.15) is 0 Å². The number of rotatable bonds is 3. The third kappa shape index (κ3) is 2.71. The fourth-order valence-corrected chi connectivity index (χ4v) is 3.88. The summed E-state index contributed by atoms with van der Waals surface area (Å²) in [5, 5.41) is 7.48. The van der Waals surface area contributed by atoms with Crippen LogP contribution in [0, 0.1) is 11.3 Å². The summed E-state index contributed by atoms with van der Waals surface area (Å²) in [7, 11) is 0. The summed E-state index contributed by atoms with van der Waals surface area (Å²) in [4.78, 5) is 29.2. The Morgan fingerprint density at radius 2 is 1.91 bits per heavy atom. The summed E-state index contributed by atoms with van der Waals surface area (Å²) < 4.78 is 0. The number of aromatic nitrogens is 2. The third-order valence-corrected chi connectivity index (χ3v) is 5.62. The minimum Gasteiger partial charge on any atom is -0.342 e. The monoisotopic (exact) mass is 314 g/mol. The first-order valence-corrected chi connectivity index (χ1v) is 8.53. The second-order valence-electron chi connectivity index (χ2n) is 7.15. The molecule has 23 heavy (non-hydrogen) atoms. The van der Waals surface area contributed by atoms with Gasteiger partial charge in [-0.3, -0.25) is 9.59 Å². The average molecular weight is 314 g/mol. The van der Waals surface area contributed by atoms with E-state index >= 15 is 0 Å². The van der Waals surface area contributed by atoms with Crippen molar-refractivity contribution in [1.82, 2.24) is 20.0 Å².